The van der Waals surface area contributed by atoms with Crippen LogP contribution < -0.4 is 20.9 Å². The minimum Gasteiger partial charge on any atom is -0.396 e. The van der Waals surface area contributed by atoms with Crippen LogP contribution in [0.1, 0.15) is 36.2 Å². The van der Waals surface area contributed by atoms with Gasteiger partial charge in [0.25, 0.3) is 5.91 Å². The van der Waals surface area contributed by atoms with E-state index < -0.39 is 5.91 Å². The van der Waals surface area contributed by atoms with E-state index in [0.717, 1.165) is 69.8 Å². The SMILES string of the molecule is CN1CCN([C@@H]2CCCN(c3cnc(C(N)=O)c(Nc4ccc(N5CCC(CO)CC5)cc4)n3)C2)C1=O. The fourth-order valence-corrected chi connectivity index (χ4v) is 5.49. The molecule has 3 fully saturated rings. The zero-order valence-corrected chi connectivity index (χ0v) is 21.3. The Kier molecular flexibility index (Phi) is 7.31. The second kappa shape index (κ2) is 10.8. The molecule has 3 aliphatic rings. The molecule has 3 saturated heterocycles. The van der Waals surface area contributed by atoms with Gasteiger partial charge in [0, 0.05) is 64.3 Å². The molecule has 1 atom stereocenters. The monoisotopic (exact) mass is 508 g/mol. The molecule has 0 spiro atoms. The van der Waals surface area contributed by atoms with Gasteiger partial charge < -0.3 is 35.8 Å². The van der Waals surface area contributed by atoms with Crippen LogP contribution in [0.25, 0.3) is 0 Å². The quantitative estimate of drug-likeness (QED) is 0.517. The number of amides is 3. The van der Waals surface area contributed by atoms with Crippen molar-refractivity contribution >= 4 is 34.9 Å². The third kappa shape index (κ3) is 5.41. The summed E-state index contributed by atoms with van der Waals surface area (Å²) >= 11 is 0. The summed E-state index contributed by atoms with van der Waals surface area (Å²) in [5, 5.41) is 12.6. The summed E-state index contributed by atoms with van der Waals surface area (Å²) in [6.07, 6.45) is 5.46. The van der Waals surface area contributed by atoms with Gasteiger partial charge in [-0.3, -0.25) is 4.79 Å². The predicted molar refractivity (Wildman–Crippen MR) is 142 cm³/mol. The van der Waals surface area contributed by atoms with Crippen LogP contribution in [0, 0.1) is 5.92 Å². The van der Waals surface area contributed by atoms with Gasteiger partial charge in [0.05, 0.1) is 12.2 Å². The maximum absolute atomic E-state index is 12.5. The smallest absolute Gasteiger partial charge is 0.320 e. The summed E-state index contributed by atoms with van der Waals surface area (Å²) in [4.78, 5) is 41.8. The molecule has 0 radical (unpaired) electrons. The third-order valence-corrected chi connectivity index (χ3v) is 7.77. The van der Waals surface area contributed by atoms with Crippen LogP contribution in [0.15, 0.2) is 30.5 Å². The zero-order valence-electron chi connectivity index (χ0n) is 21.3. The molecule has 11 heteroatoms. The minimum atomic E-state index is -0.646. The number of benzene rings is 1. The number of hydrogen-bond acceptors (Lipinski definition) is 8. The second-order valence-corrected chi connectivity index (χ2v) is 10.2. The van der Waals surface area contributed by atoms with E-state index in [2.05, 4.69) is 20.1 Å². The van der Waals surface area contributed by atoms with E-state index in [4.69, 9.17) is 10.7 Å². The predicted octanol–water partition coefficient (Wildman–Crippen LogP) is 1.86. The maximum atomic E-state index is 12.5. The molecule has 3 aliphatic heterocycles. The number of aromatic nitrogens is 2. The number of nitrogens with zero attached hydrogens (tertiary/aromatic N) is 6. The van der Waals surface area contributed by atoms with E-state index in [-0.39, 0.29) is 24.4 Å². The fraction of sp³-hybridized carbons (Fsp3) is 0.538. The summed E-state index contributed by atoms with van der Waals surface area (Å²) < 4.78 is 0. The Morgan fingerprint density at radius 3 is 2.49 bits per heavy atom. The highest BCUT2D eigenvalue weighted by Gasteiger charge is 2.34. The van der Waals surface area contributed by atoms with Crippen LogP contribution in [0.3, 0.4) is 0 Å². The topological polar surface area (TPSA) is 131 Å². The minimum absolute atomic E-state index is 0.0746. The number of aliphatic hydroxyl groups is 1. The van der Waals surface area contributed by atoms with Gasteiger partial charge in [0.15, 0.2) is 11.5 Å². The molecule has 198 valence electrons. The molecule has 5 rings (SSSR count). The van der Waals surface area contributed by atoms with Crippen LogP contribution in [-0.2, 0) is 0 Å². The highest BCUT2D eigenvalue weighted by atomic mass is 16.3. The fourth-order valence-electron chi connectivity index (χ4n) is 5.49. The van der Waals surface area contributed by atoms with E-state index in [0.29, 0.717) is 24.1 Å². The first-order chi connectivity index (χ1) is 17.9. The summed E-state index contributed by atoms with van der Waals surface area (Å²) in [5.41, 5.74) is 7.60. The van der Waals surface area contributed by atoms with E-state index >= 15 is 0 Å². The average Bonchev–Trinajstić information content (AvgIpc) is 3.27. The molecule has 0 unspecified atom stereocenters. The Labute approximate surface area is 217 Å². The van der Waals surface area contributed by atoms with Crippen molar-refractivity contribution in [3.05, 3.63) is 36.2 Å². The molecular formula is C26H36N8O3. The van der Waals surface area contributed by atoms with Gasteiger partial charge in [-0.1, -0.05) is 0 Å². The van der Waals surface area contributed by atoms with Crippen molar-refractivity contribution in [2.45, 2.75) is 31.7 Å². The molecule has 0 saturated carbocycles. The van der Waals surface area contributed by atoms with Gasteiger partial charge in [-0.25, -0.2) is 14.8 Å². The number of carbonyl (C=O) groups is 2. The van der Waals surface area contributed by atoms with Crippen molar-refractivity contribution in [2.75, 3.05) is 68.0 Å². The van der Waals surface area contributed by atoms with Gasteiger partial charge >= 0.3 is 6.03 Å². The largest absolute Gasteiger partial charge is 0.396 e. The van der Waals surface area contributed by atoms with Gasteiger partial charge in [-0.05, 0) is 55.9 Å². The van der Waals surface area contributed by atoms with E-state index in [9.17, 15) is 14.7 Å². The van der Waals surface area contributed by atoms with Crippen molar-refractivity contribution in [3.8, 4) is 0 Å². The van der Waals surface area contributed by atoms with Crippen LogP contribution >= 0.6 is 0 Å². The lowest BCUT2D eigenvalue weighted by atomic mass is 9.97. The number of urea groups is 1. The number of rotatable bonds is 7. The Bertz CT molecular complexity index is 1120. The maximum Gasteiger partial charge on any atom is 0.320 e. The first kappa shape index (κ1) is 25.1. The summed E-state index contributed by atoms with van der Waals surface area (Å²) in [5.74, 6) is 0.718. The number of nitrogens with two attached hydrogens (primary N) is 1. The Balaban J connectivity index is 1.30. The first-order valence-corrected chi connectivity index (χ1v) is 13.1. The van der Waals surface area contributed by atoms with E-state index in [1.165, 1.54) is 0 Å². The molecule has 2 aromatic rings. The van der Waals surface area contributed by atoms with Crippen molar-refractivity contribution in [1.29, 1.82) is 0 Å². The summed E-state index contributed by atoms with van der Waals surface area (Å²) in [7, 11) is 1.83. The zero-order chi connectivity index (χ0) is 25.9. The third-order valence-electron chi connectivity index (χ3n) is 7.77. The van der Waals surface area contributed by atoms with Crippen LogP contribution in [0.4, 0.5) is 27.8 Å². The molecule has 0 aliphatic carbocycles. The van der Waals surface area contributed by atoms with Crippen molar-refractivity contribution < 1.29 is 14.7 Å². The van der Waals surface area contributed by atoms with Gasteiger partial charge in [0.1, 0.15) is 5.82 Å². The molecule has 0 bridgehead atoms. The van der Waals surface area contributed by atoms with Gasteiger partial charge in [-0.15, -0.1) is 0 Å². The molecule has 4 heterocycles. The number of anilines is 4. The van der Waals surface area contributed by atoms with Crippen molar-refractivity contribution in [3.63, 3.8) is 0 Å². The Morgan fingerprint density at radius 1 is 1.08 bits per heavy atom. The lowest BCUT2D eigenvalue weighted by Crippen LogP contribution is -2.49. The number of primary amides is 1. The normalized spacial score (nSPS) is 21.0. The Hall–Kier alpha value is -3.60. The molecule has 1 aromatic heterocycles. The van der Waals surface area contributed by atoms with Crippen LogP contribution in [0.2, 0.25) is 0 Å². The summed E-state index contributed by atoms with van der Waals surface area (Å²) in [6.45, 7) is 5.07. The number of likely N-dealkylation sites (N-methyl/N-ethyl adjacent to an activating group) is 1. The average molecular weight is 509 g/mol. The number of hydrogen-bond donors (Lipinski definition) is 3. The number of piperidine rings is 2. The second-order valence-electron chi connectivity index (χ2n) is 10.2. The highest BCUT2D eigenvalue weighted by molar-refractivity contribution is 5.96. The van der Waals surface area contributed by atoms with Gasteiger partial charge in [0.2, 0.25) is 0 Å². The summed E-state index contributed by atoms with van der Waals surface area (Å²) in [6, 6.07) is 8.20. The molecule has 37 heavy (non-hydrogen) atoms. The molecule has 4 N–H and O–H groups in total. The lowest BCUT2D eigenvalue weighted by molar-refractivity contribution is 0.0996. The molecular weight excluding hydrogens is 472 g/mol. The number of nitrogens with one attached hydrogen (secondary N) is 1. The van der Waals surface area contributed by atoms with Crippen molar-refractivity contribution in [2.24, 2.45) is 11.7 Å². The van der Waals surface area contributed by atoms with Crippen molar-refractivity contribution in [1.82, 2.24) is 19.8 Å². The van der Waals surface area contributed by atoms with E-state index in [1.54, 1.807) is 11.1 Å². The van der Waals surface area contributed by atoms with Crippen LogP contribution in [-0.4, -0.2) is 95.8 Å². The number of aliphatic hydroxyl groups excluding tert-OH is 1. The first-order valence-electron chi connectivity index (χ1n) is 13.1. The molecule has 1 aromatic carbocycles. The highest BCUT2D eigenvalue weighted by Crippen LogP contribution is 2.28. The Morgan fingerprint density at radius 2 is 1.84 bits per heavy atom. The number of carbonyl (C=O) groups excluding carboxylic acids is 2. The van der Waals surface area contributed by atoms with Crippen LogP contribution in [0.5, 0.6) is 0 Å². The lowest BCUT2D eigenvalue weighted by Gasteiger charge is -2.37. The molecule has 11 nitrogen and oxygen atoms in total. The molecule has 3 amide bonds. The van der Waals surface area contributed by atoms with Gasteiger partial charge in [-0.2, -0.15) is 0 Å². The standard InChI is InChI=1S/C26H36N8O3/c1-31-13-14-34(26(31)37)21-3-2-10-33(16-21)22-15-28-23(24(27)36)25(30-22)29-19-4-6-20(7-5-19)32-11-8-18(17-35)9-12-32/h4-7,15,18,21,35H,2-3,8-14,16-17H2,1H3,(H2,27,36)(H,29,30)/t21-/m1/s1. The van der Waals surface area contributed by atoms with E-state index in [1.807, 2.05) is 36.2 Å².